The van der Waals surface area contributed by atoms with E-state index in [-0.39, 0.29) is 16.9 Å². The minimum atomic E-state index is -1.85. The number of rotatable bonds is 7. The van der Waals surface area contributed by atoms with Crippen LogP contribution in [0.3, 0.4) is 0 Å². The lowest BCUT2D eigenvalue weighted by atomic mass is 9.87. The molecule has 1 unspecified atom stereocenters. The zero-order valence-electron chi connectivity index (χ0n) is 23.1. The van der Waals surface area contributed by atoms with Gasteiger partial charge in [0, 0.05) is 48.0 Å². The van der Waals surface area contributed by atoms with Crippen LogP contribution in [0.15, 0.2) is 36.7 Å². The van der Waals surface area contributed by atoms with Crippen molar-refractivity contribution in [2.75, 3.05) is 18.0 Å². The van der Waals surface area contributed by atoms with Crippen LogP contribution in [0.2, 0.25) is 18.1 Å². The molecule has 7 heteroatoms. The molecule has 3 aromatic rings. The monoisotopic (exact) mass is 523 g/mol. The smallest absolute Gasteiger partial charge is 0.192 e. The number of anilines is 1. The third-order valence-electron chi connectivity index (χ3n) is 8.00. The number of thiophene rings is 1. The molecule has 0 aromatic carbocycles. The standard InChI is InChI=1S/C29H41N3O2SSi/c1-9-22-15-24-27(35-22)11-10-23(31-24)26(33)14-21-16-30-13-12-25(21)32-17-19(2)28(20(3)18-32)34-36(7,8)29(4,5)6/h10-13,15-16,19-20,28H,9,14,17-18H2,1-8H3/t19-,20+,28?. The molecule has 1 aliphatic rings. The lowest BCUT2D eigenvalue weighted by Crippen LogP contribution is -2.54. The first-order valence-corrected chi connectivity index (χ1v) is 16.9. The Hall–Kier alpha value is -2.09. The molecule has 0 radical (unpaired) electrons. The Morgan fingerprint density at radius 2 is 1.86 bits per heavy atom. The Morgan fingerprint density at radius 1 is 1.17 bits per heavy atom. The molecule has 1 fully saturated rings. The fourth-order valence-electron chi connectivity index (χ4n) is 4.92. The fraction of sp³-hybridized carbons (Fsp3) is 0.552. The summed E-state index contributed by atoms with van der Waals surface area (Å²) in [6.07, 6.45) is 5.22. The highest BCUT2D eigenvalue weighted by Gasteiger charge is 2.43. The van der Waals surface area contributed by atoms with E-state index < -0.39 is 8.32 Å². The van der Waals surface area contributed by atoms with E-state index in [1.165, 1.54) is 4.88 Å². The van der Waals surface area contributed by atoms with Gasteiger partial charge in [0.1, 0.15) is 5.69 Å². The van der Waals surface area contributed by atoms with Crippen LogP contribution >= 0.6 is 11.3 Å². The Morgan fingerprint density at radius 3 is 2.50 bits per heavy atom. The summed E-state index contributed by atoms with van der Waals surface area (Å²) in [6, 6.07) is 8.05. The molecule has 0 bridgehead atoms. The average molecular weight is 524 g/mol. The van der Waals surface area contributed by atoms with Crippen molar-refractivity contribution >= 4 is 41.3 Å². The highest BCUT2D eigenvalue weighted by atomic mass is 32.1. The van der Waals surface area contributed by atoms with E-state index in [2.05, 4.69) is 81.6 Å². The molecule has 4 rings (SSSR count). The summed E-state index contributed by atoms with van der Waals surface area (Å²) in [7, 11) is -1.85. The highest BCUT2D eigenvalue weighted by molar-refractivity contribution is 7.19. The number of fused-ring (bicyclic) bond motifs is 1. The minimum Gasteiger partial charge on any atom is -0.413 e. The van der Waals surface area contributed by atoms with Crippen molar-refractivity contribution in [1.82, 2.24) is 9.97 Å². The molecule has 4 heterocycles. The second kappa shape index (κ2) is 10.3. The summed E-state index contributed by atoms with van der Waals surface area (Å²) in [5.74, 6) is 0.831. The van der Waals surface area contributed by atoms with Gasteiger partial charge >= 0.3 is 0 Å². The van der Waals surface area contributed by atoms with Gasteiger partial charge in [0.25, 0.3) is 0 Å². The first-order valence-electron chi connectivity index (χ1n) is 13.2. The fourth-order valence-corrected chi connectivity index (χ4v) is 7.36. The molecule has 5 nitrogen and oxygen atoms in total. The molecule has 0 N–H and O–H groups in total. The van der Waals surface area contributed by atoms with Crippen LogP contribution < -0.4 is 4.90 Å². The first kappa shape index (κ1) is 27.0. The molecule has 0 amide bonds. The van der Waals surface area contributed by atoms with Gasteiger partial charge in [0.2, 0.25) is 0 Å². The second-order valence-corrected chi connectivity index (χ2v) is 17.9. The normalized spacial score (nSPS) is 21.2. The number of piperidine rings is 1. The predicted octanol–water partition coefficient (Wildman–Crippen LogP) is 7.16. The van der Waals surface area contributed by atoms with Gasteiger partial charge in [-0.05, 0) is 60.7 Å². The Labute approximate surface area is 221 Å². The van der Waals surface area contributed by atoms with Crippen LogP contribution in [0.5, 0.6) is 0 Å². The number of Topliss-reactive ketones (excluding diaryl/α,β-unsaturated/α-hetero) is 1. The summed E-state index contributed by atoms with van der Waals surface area (Å²) < 4.78 is 8.02. The summed E-state index contributed by atoms with van der Waals surface area (Å²) in [5, 5.41) is 0.195. The Balaban J connectivity index is 1.51. The van der Waals surface area contributed by atoms with Crippen LogP contribution in [0.25, 0.3) is 10.2 Å². The van der Waals surface area contributed by atoms with E-state index in [9.17, 15) is 4.79 Å². The van der Waals surface area contributed by atoms with Crippen LogP contribution in [-0.2, 0) is 17.3 Å². The summed E-state index contributed by atoms with van der Waals surface area (Å²) in [4.78, 5) is 26.0. The molecule has 0 spiro atoms. The summed E-state index contributed by atoms with van der Waals surface area (Å²) in [5.41, 5.74) is 3.52. The number of hydrogen-bond donors (Lipinski definition) is 0. The summed E-state index contributed by atoms with van der Waals surface area (Å²) >= 11 is 1.75. The van der Waals surface area contributed by atoms with Crippen LogP contribution in [0, 0.1) is 11.8 Å². The van der Waals surface area contributed by atoms with E-state index in [1.807, 2.05) is 24.5 Å². The molecular weight excluding hydrogens is 482 g/mol. The maximum atomic E-state index is 13.3. The van der Waals surface area contributed by atoms with E-state index in [1.54, 1.807) is 11.3 Å². The number of nitrogens with zero attached hydrogens (tertiary/aromatic N) is 3. The van der Waals surface area contributed by atoms with Crippen molar-refractivity contribution in [1.29, 1.82) is 0 Å². The van der Waals surface area contributed by atoms with E-state index >= 15 is 0 Å². The van der Waals surface area contributed by atoms with Gasteiger partial charge in [-0.2, -0.15) is 0 Å². The molecule has 1 saturated heterocycles. The van der Waals surface area contributed by atoms with Gasteiger partial charge in [0.05, 0.1) is 16.3 Å². The van der Waals surface area contributed by atoms with Gasteiger partial charge in [-0.3, -0.25) is 9.78 Å². The van der Waals surface area contributed by atoms with Crippen molar-refractivity contribution in [3.63, 3.8) is 0 Å². The van der Waals surface area contributed by atoms with Gasteiger partial charge in [-0.1, -0.05) is 41.5 Å². The second-order valence-electron chi connectivity index (χ2n) is 12.0. The molecule has 3 aromatic heterocycles. The number of carbonyl (C=O) groups excluding carboxylic acids is 1. The zero-order valence-corrected chi connectivity index (χ0v) is 24.9. The quantitative estimate of drug-likeness (QED) is 0.243. The number of aryl methyl sites for hydroxylation is 1. The van der Waals surface area contributed by atoms with Gasteiger partial charge < -0.3 is 9.33 Å². The maximum Gasteiger partial charge on any atom is 0.192 e. The lowest BCUT2D eigenvalue weighted by molar-refractivity contribution is 0.0627. The predicted molar refractivity (Wildman–Crippen MR) is 154 cm³/mol. The van der Waals surface area contributed by atoms with Gasteiger partial charge in [-0.15, -0.1) is 11.3 Å². The van der Waals surface area contributed by atoms with Crippen molar-refractivity contribution < 1.29 is 9.22 Å². The van der Waals surface area contributed by atoms with Crippen LogP contribution in [0.1, 0.15) is 62.5 Å². The lowest BCUT2D eigenvalue weighted by Gasteiger charge is -2.48. The average Bonchev–Trinajstić information content (AvgIpc) is 3.23. The van der Waals surface area contributed by atoms with E-state index in [4.69, 9.17) is 4.43 Å². The topological polar surface area (TPSA) is 55.3 Å². The van der Waals surface area contributed by atoms with E-state index in [0.717, 1.165) is 41.0 Å². The van der Waals surface area contributed by atoms with Crippen LogP contribution in [0.4, 0.5) is 5.69 Å². The molecule has 0 aliphatic carbocycles. The highest BCUT2D eigenvalue weighted by Crippen LogP contribution is 2.41. The number of aromatic nitrogens is 2. The van der Waals surface area contributed by atoms with Crippen molar-refractivity contribution in [3.05, 3.63) is 52.8 Å². The molecule has 36 heavy (non-hydrogen) atoms. The largest absolute Gasteiger partial charge is 0.413 e. The number of hydrogen-bond acceptors (Lipinski definition) is 6. The van der Waals surface area contributed by atoms with Gasteiger partial charge in [0.15, 0.2) is 14.1 Å². The third-order valence-corrected chi connectivity index (χ3v) is 13.7. The zero-order chi connectivity index (χ0) is 26.3. The molecule has 0 saturated carbocycles. The van der Waals surface area contributed by atoms with Gasteiger partial charge in [-0.25, -0.2) is 4.98 Å². The Kier molecular flexibility index (Phi) is 7.75. The SMILES string of the molecule is CCc1cc2nc(C(=O)Cc3cnccc3N3C[C@@H](C)C(O[Si](C)(C)C(C)(C)C)[C@@H](C)C3)ccc2s1. The van der Waals surface area contributed by atoms with Crippen LogP contribution in [-0.4, -0.2) is 43.3 Å². The van der Waals surface area contributed by atoms with Crippen molar-refractivity contribution in [2.24, 2.45) is 11.8 Å². The van der Waals surface area contributed by atoms with Crippen molar-refractivity contribution in [2.45, 2.75) is 78.6 Å². The number of carbonyl (C=O) groups is 1. The third kappa shape index (κ3) is 5.58. The van der Waals surface area contributed by atoms with E-state index in [0.29, 0.717) is 24.0 Å². The Bertz CT molecular complexity index is 1220. The molecule has 3 atom stereocenters. The number of ketones is 1. The molecular formula is C29H41N3O2SSi. The first-order chi connectivity index (χ1) is 16.9. The maximum absolute atomic E-state index is 13.3. The minimum absolute atomic E-state index is 0.0349. The molecule has 1 aliphatic heterocycles. The molecule has 194 valence electrons. The van der Waals surface area contributed by atoms with Crippen molar-refractivity contribution in [3.8, 4) is 0 Å². The number of pyridine rings is 2. The summed E-state index contributed by atoms with van der Waals surface area (Å²) in [6.45, 7) is 20.2.